The largest absolute Gasteiger partial charge is 0.357 e. The molecule has 2 rings (SSSR count). The normalized spacial score (nSPS) is 11.3. The van der Waals surface area contributed by atoms with Crippen molar-refractivity contribution < 1.29 is 0 Å². The lowest BCUT2D eigenvalue weighted by Gasteiger charge is -2.12. The molecule has 0 bridgehead atoms. The molecule has 2 N–H and O–H groups in total. The molecule has 0 saturated carbocycles. The van der Waals surface area contributed by atoms with Crippen molar-refractivity contribution in [1.82, 2.24) is 15.6 Å². The highest BCUT2D eigenvalue weighted by atomic mass is 15.2. The number of nitrogens with one attached hydrogen (secondary N) is 2. The average Bonchev–Trinajstić information content (AvgIpc) is 2.55. The van der Waals surface area contributed by atoms with Crippen LogP contribution < -0.4 is 10.6 Å². The second-order valence-electron chi connectivity index (χ2n) is 5.62. The summed E-state index contributed by atoms with van der Waals surface area (Å²) >= 11 is 0. The lowest BCUT2D eigenvalue weighted by molar-refractivity contribution is 0.794. The first-order valence-electron chi connectivity index (χ1n) is 8.17. The van der Waals surface area contributed by atoms with Crippen LogP contribution in [-0.2, 0) is 13.0 Å². The number of pyridine rings is 1. The molecule has 0 aliphatic rings. The molecule has 1 heterocycles. The molecular weight excluding hydrogens is 284 g/mol. The van der Waals surface area contributed by atoms with Crippen molar-refractivity contribution in [2.45, 2.75) is 33.7 Å². The van der Waals surface area contributed by atoms with Crippen LogP contribution in [-0.4, -0.2) is 24.0 Å². The van der Waals surface area contributed by atoms with Crippen LogP contribution in [0.2, 0.25) is 0 Å². The third-order valence-corrected chi connectivity index (χ3v) is 3.65. The van der Waals surface area contributed by atoms with Gasteiger partial charge in [0, 0.05) is 19.3 Å². The number of hydrogen-bond donors (Lipinski definition) is 2. The second-order valence-corrected chi connectivity index (χ2v) is 5.62. The van der Waals surface area contributed by atoms with Crippen molar-refractivity contribution in [3.05, 3.63) is 65.0 Å². The van der Waals surface area contributed by atoms with Gasteiger partial charge in [-0.05, 0) is 50.5 Å². The molecule has 4 heteroatoms. The van der Waals surface area contributed by atoms with E-state index in [9.17, 15) is 0 Å². The Morgan fingerprint density at radius 3 is 2.70 bits per heavy atom. The van der Waals surface area contributed by atoms with Crippen LogP contribution in [0.5, 0.6) is 0 Å². The van der Waals surface area contributed by atoms with E-state index in [1.54, 1.807) is 6.20 Å². The first kappa shape index (κ1) is 17.0. The number of benzene rings is 1. The van der Waals surface area contributed by atoms with E-state index in [0.29, 0.717) is 6.54 Å². The maximum Gasteiger partial charge on any atom is 0.191 e. The molecule has 1 aromatic heterocycles. The third-order valence-electron chi connectivity index (χ3n) is 3.65. The molecule has 122 valence electrons. The van der Waals surface area contributed by atoms with Gasteiger partial charge in [0.1, 0.15) is 0 Å². The Kier molecular flexibility index (Phi) is 6.60. The summed E-state index contributed by atoms with van der Waals surface area (Å²) in [7, 11) is 0. The second kappa shape index (κ2) is 8.93. The van der Waals surface area contributed by atoms with Crippen molar-refractivity contribution in [1.29, 1.82) is 0 Å². The van der Waals surface area contributed by atoms with Gasteiger partial charge < -0.3 is 10.6 Å². The summed E-state index contributed by atoms with van der Waals surface area (Å²) in [5.74, 6) is 0.836. The fraction of sp³-hybridized carbons (Fsp3) is 0.368. The quantitative estimate of drug-likeness (QED) is 0.637. The Balaban J connectivity index is 1.89. The summed E-state index contributed by atoms with van der Waals surface area (Å²) in [6.45, 7) is 8.66. The van der Waals surface area contributed by atoms with Crippen LogP contribution in [0.3, 0.4) is 0 Å². The Bertz CT molecular complexity index is 635. The predicted octanol–water partition coefficient (Wildman–Crippen LogP) is 3.00. The van der Waals surface area contributed by atoms with Crippen molar-refractivity contribution >= 4 is 5.96 Å². The fourth-order valence-electron chi connectivity index (χ4n) is 2.44. The van der Waals surface area contributed by atoms with E-state index in [1.807, 2.05) is 18.2 Å². The number of aryl methyl sites for hydroxylation is 2. The van der Waals surface area contributed by atoms with Gasteiger partial charge in [-0.15, -0.1) is 0 Å². The van der Waals surface area contributed by atoms with E-state index in [1.165, 1.54) is 16.7 Å². The molecule has 2 aromatic rings. The summed E-state index contributed by atoms with van der Waals surface area (Å²) in [5.41, 5.74) is 5.01. The van der Waals surface area contributed by atoms with Gasteiger partial charge in [-0.3, -0.25) is 4.98 Å². The first-order chi connectivity index (χ1) is 11.2. The van der Waals surface area contributed by atoms with E-state index in [2.05, 4.69) is 59.6 Å². The highest BCUT2D eigenvalue weighted by Crippen LogP contribution is 2.10. The van der Waals surface area contributed by atoms with E-state index in [4.69, 9.17) is 0 Å². The number of aromatic nitrogens is 1. The number of aliphatic imine (C=N–C) groups is 1. The van der Waals surface area contributed by atoms with Gasteiger partial charge in [0.2, 0.25) is 0 Å². The lowest BCUT2D eigenvalue weighted by atomic mass is 10.0. The molecule has 1 aromatic carbocycles. The van der Waals surface area contributed by atoms with E-state index in [-0.39, 0.29) is 0 Å². The molecule has 0 saturated heterocycles. The average molecular weight is 310 g/mol. The molecule has 0 amide bonds. The van der Waals surface area contributed by atoms with Crippen LogP contribution in [0.15, 0.2) is 47.6 Å². The molecular formula is C19H26N4. The molecule has 0 atom stereocenters. The van der Waals surface area contributed by atoms with E-state index < -0.39 is 0 Å². The van der Waals surface area contributed by atoms with Crippen LogP contribution in [0.4, 0.5) is 0 Å². The van der Waals surface area contributed by atoms with Crippen LogP contribution >= 0.6 is 0 Å². The Labute approximate surface area is 139 Å². The Hall–Kier alpha value is -2.36. The van der Waals surface area contributed by atoms with Gasteiger partial charge in [0.05, 0.1) is 12.2 Å². The van der Waals surface area contributed by atoms with Gasteiger partial charge in [-0.2, -0.15) is 0 Å². The van der Waals surface area contributed by atoms with Gasteiger partial charge in [0.25, 0.3) is 0 Å². The third kappa shape index (κ3) is 5.74. The maximum absolute atomic E-state index is 4.58. The molecule has 0 fully saturated rings. The molecule has 4 nitrogen and oxygen atoms in total. The summed E-state index contributed by atoms with van der Waals surface area (Å²) < 4.78 is 0. The monoisotopic (exact) mass is 310 g/mol. The van der Waals surface area contributed by atoms with Gasteiger partial charge in [-0.1, -0.05) is 29.8 Å². The van der Waals surface area contributed by atoms with Crippen LogP contribution in [0.1, 0.15) is 29.3 Å². The molecule has 0 aliphatic heterocycles. The van der Waals surface area contributed by atoms with Crippen molar-refractivity contribution in [2.24, 2.45) is 4.99 Å². The van der Waals surface area contributed by atoms with Gasteiger partial charge in [-0.25, -0.2) is 4.99 Å². The molecule has 0 aliphatic carbocycles. The minimum Gasteiger partial charge on any atom is -0.357 e. The zero-order valence-electron chi connectivity index (χ0n) is 14.3. The van der Waals surface area contributed by atoms with Crippen molar-refractivity contribution in [3.63, 3.8) is 0 Å². The van der Waals surface area contributed by atoms with Crippen LogP contribution in [0, 0.1) is 13.8 Å². The minimum absolute atomic E-state index is 0.583. The highest BCUT2D eigenvalue weighted by Gasteiger charge is 2.01. The Morgan fingerprint density at radius 2 is 2.00 bits per heavy atom. The zero-order valence-corrected chi connectivity index (χ0v) is 14.3. The Morgan fingerprint density at radius 1 is 1.13 bits per heavy atom. The molecule has 23 heavy (non-hydrogen) atoms. The summed E-state index contributed by atoms with van der Waals surface area (Å²) in [6.07, 6.45) is 2.78. The van der Waals surface area contributed by atoms with Crippen LogP contribution in [0.25, 0.3) is 0 Å². The maximum atomic E-state index is 4.58. The SMILES string of the molecule is CCNC(=NCc1ccccn1)NCCc1ccc(C)cc1C. The topological polar surface area (TPSA) is 49.3 Å². The number of rotatable bonds is 6. The number of guanidine groups is 1. The van der Waals surface area contributed by atoms with Crippen molar-refractivity contribution in [2.75, 3.05) is 13.1 Å². The zero-order chi connectivity index (χ0) is 16.5. The predicted molar refractivity (Wildman–Crippen MR) is 96.7 cm³/mol. The van der Waals surface area contributed by atoms with Gasteiger partial charge in [0.15, 0.2) is 5.96 Å². The van der Waals surface area contributed by atoms with Crippen molar-refractivity contribution in [3.8, 4) is 0 Å². The van der Waals surface area contributed by atoms with E-state index in [0.717, 1.165) is 31.2 Å². The number of nitrogens with zero attached hydrogens (tertiary/aromatic N) is 2. The standard InChI is InChI=1S/C19H26N4/c1-4-20-19(23-14-18-7-5-6-11-21-18)22-12-10-17-9-8-15(2)13-16(17)3/h5-9,11,13H,4,10,12,14H2,1-3H3,(H2,20,22,23). The van der Waals surface area contributed by atoms with E-state index >= 15 is 0 Å². The minimum atomic E-state index is 0.583. The summed E-state index contributed by atoms with van der Waals surface area (Å²) in [6, 6.07) is 12.5. The fourth-order valence-corrected chi connectivity index (χ4v) is 2.44. The smallest absolute Gasteiger partial charge is 0.191 e. The molecule has 0 spiro atoms. The summed E-state index contributed by atoms with van der Waals surface area (Å²) in [5, 5.41) is 6.67. The molecule has 0 unspecified atom stereocenters. The lowest BCUT2D eigenvalue weighted by Crippen LogP contribution is -2.38. The first-order valence-corrected chi connectivity index (χ1v) is 8.17. The number of hydrogen-bond acceptors (Lipinski definition) is 2. The highest BCUT2D eigenvalue weighted by molar-refractivity contribution is 5.79. The van der Waals surface area contributed by atoms with Gasteiger partial charge >= 0.3 is 0 Å². The summed E-state index contributed by atoms with van der Waals surface area (Å²) in [4.78, 5) is 8.88. The molecule has 0 radical (unpaired) electrons.